The Morgan fingerprint density at radius 2 is 2.10 bits per heavy atom. The van der Waals surface area contributed by atoms with Crippen molar-refractivity contribution >= 4 is 23.4 Å². The van der Waals surface area contributed by atoms with Crippen LogP contribution in [-0.2, 0) is 16.1 Å². The lowest BCUT2D eigenvalue weighted by molar-refractivity contribution is -0.149. The van der Waals surface area contributed by atoms with E-state index in [0.717, 1.165) is 0 Å². The molecular formula is C14H16ClFN2O2. The van der Waals surface area contributed by atoms with E-state index in [2.05, 4.69) is 5.32 Å². The van der Waals surface area contributed by atoms with Crippen molar-refractivity contribution < 1.29 is 14.0 Å². The second kappa shape index (κ2) is 5.79. The predicted octanol–water partition coefficient (Wildman–Crippen LogP) is 2.10. The van der Waals surface area contributed by atoms with Crippen molar-refractivity contribution in [2.24, 2.45) is 0 Å². The molecule has 1 aromatic rings. The van der Waals surface area contributed by atoms with Crippen LogP contribution in [0.25, 0.3) is 0 Å². The fourth-order valence-electron chi connectivity index (χ4n) is 2.23. The van der Waals surface area contributed by atoms with E-state index in [1.807, 2.05) is 6.92 Å². The molecule has 1 saturated heterocycles. The average Bonchev–Trinajstić information content (AvgIpc) is 2.41. The van der Waals surface area contributed by atoms with E-state index in [4.69, 9.17) is 11.6 Å². The third-order valence-electron chi connectivity index (χ3n) is 3.54. The highest BCUT2D eigenvalue weighted by Gasteiger charge is 2.37. The first-order valence-electron chi connectivity index (χ1n) is 6.49. The Bertz CT molecular complexity index is 530. The summed E-state index contributed by atoms with van der Waals surface area (Å²) in [6, 6.07) is 3.17. The number of carbonyl (C=O) groups excluding carboxylic acids is 2. The van der Waals surface area contributed by atoms with Gasteiger partial charge in [-0.3, -0.25) is 9.59 Å². The van der Waals surface area contributed by atoms with Crippen LogP contribution < -0.4 is 5.32 Å². The van der Waals surface area contributed by atoms with Crippen LogP contribution in [0.15, 0.2) is 18.2 Å². The van der Waals surface area contributed by atoms with Gasteiger partial charge < -0.3 is 10.2 Å². The molecule has 0 saturated carbocycles. The highest BCUT2D eigenvalue weighted by atomic mass is 35.5. The topological polar surface area (TPSA) is 49.4 Å². The standard InChI is InChI=1S/C14H16ClFN2O2/c1-3-12-14(20)18(8(2)13(19)17-12)7-9-10(15)5-4-6-11(9)16/h4-6,8,12H,3,7H2,1-2H3,(H,17,19). The molecule has 0 aliphatic carbocycles. The number of hydrogen-bond donors (Lipinski definition) is 1. The van der Waals surface area contributed by atoms with Gasteiger partial charge in [-0.05, 0) is 25.5 Å². The lowest BCUT2D eigenvalue weighted by Crippen LogP contribution is -2.61. The van der Waals surface area contributed by atoms with Crippen LogP contribution in [0.5, 0.6) is 0 Å². The first kappa shape index (κ1) is 14.8. The number of halogens is 2. The molecule has 2 rings (SSSR count). The van der Waals surface area contributed by atoms with Gasteiger partial charge in [-0.15, -0.1) is 0 Å². The smallest absolute Gasteiger partial charge is 0.246 e. The van der Waals surface area contributed by atoms with E-state index >= 15 is 0 Å². The fraction of sp³-hybridized carbons (Fsp3) is 0.429. The molecule has 0 radical (unpaired) electrons. The molecule has 1 aliphatic rings. The van der Waals surface area contributed by atoms with Crippen LogP contribution in [0.1, 0.15) is 25.8 Å². The normalized spacial score (nSPS) is 22.9. The van der Waals surface area contributed by atoms with Gasteiger partial charge in [0.2, 0.25) is 11.8 Å². The summed E-state index contributed by atoms with van der Waals surface area (Å²) in [6.45, 7) is 3.43. The van der Waals surface area contributed by atoms with Gasteiger partial charge >= 0.3 is 0 Å². The van der Waals surface area contributed by atoms with Gasteiger partial charge in [0, 0.05) is 10.6 Å². The van der Waals surface area contributed by atoms with Crippen molar-refractivity contribution in [2.45, 2.75) is 38.9 Å². The number of nitrogens with zero attached hydrogens (tertiary/aromatic N) is 1. The third-order valence-corrected chi connectivity index (χ3v) is 3.90. The molecule has 1 heterocycles. The zero-order valence-electron chi connectivity index (χ0n) is 11.3. The predicted molar refractivity (Wildman–Crippen MR) is 73.6 cm³/mol. The van der Waals surface area contributed by atoms with Crippen molar-refractivity contribution in [3.8, 4) is 0 Å². The Kier molecular flexibility index (Phi) is 4.28. The number of rotatable bonds is 3. The van der Waals surface area contributed by atoms with Gasteiger partial charge in [0.25, 0.3) is 0 Å². The molecule has 2 amide bonds. The summed E-state index contributed by atoms with van der Waals surface area (Å²) in [7, 11) is 0. The first-order valence-corrected chi connectivity index (χ1v) is 6.87. The lowest BCUT2D eigenvalue weighted by Gasteiger charge is -2.37. The molecule has 6 heteroatoms. The summed E-state index contributed by atoms with van der Waals surface area (Å²) in [5.74, 6) is -0.917. The molecule has 1 fully saturated rings. The highest BCUT2D eigenvalue weighted by Crippen LogP contribution is 2.23. The van der Waals surface area contributed by atoms with Gasteiger partial charge in [-0.2, -0.15) is 0 Å². The molecule has 0 aromatic heterocycles. The number of carbonyl (C=O) groups is 2. The second-order valence-corrected chi connectivity index (χ2v) is 5.22. The minimum absolute atomic E-state index is 0.00454. The molecule has 1 aromatic carbocycles. The zero-order chi connectivity index (χ0) is 14.9. The van der Waals surface area contributed by atoms with E-state index in [9.17, 15) is 14.0 Å². The fourth-order valence-corrected chi connectivity index (χ4v) is 2.45. The van der Waals surface area contributed by atoms with E-state index < -0.39 is 17.9 Å². The van der Waals surface area contributed by atoms with Gasteiger partial charge in [-0.25, -0.2) is 4.39 Å². The second-order valence-electron chi connectivity index (χ2n) is 4.81. The molecule has 108 valence electrons. The van der Waals surface area contributed by atoms with Gasteiger partial charge in [-0.1, -0.05) is 24.6 Å². The molecule has 20 heavy (non-hydrogen) atoms. The molecule has 0 spiro atoms. The quantitative estimate of drug-likeness (QED) is 0.929. The van der Waals surface area contributed by atoms with E-state index in [0.29, 0.717) is 6.42 Å². The van der Waals surface area contributed by atoms with Gasteiger partial charge in [0.15, 0.2) is 0 Å². The zero-order valence-corrected chi connectivity index (χ0v) is 12.1. The molecule has 0 bridgehead atoms. The van der Waals surface area contributed by atoms with Crippen molar-refractivity contribution in [2.75, 3.05) is 0 Å². The number of piperazine rings is 1. The number of hydrogen-bond acceptors (Lipinski definition) is 2. The molecule has 2 unspecified atom stereocenters. The Labute approximate surface area is 121 Å². The Hall–Kier alpha value is -1.62. The molecule has 4 nitrogen and oxygen atoms in total. The van der Waals surface area contributed by atoms with Crippen molar-refractivity contribution in [1.82, 2.24) is 10.2 Å². The van der Waals surface area contributed by atoms with Crippen LogP contribution >= 0.6 is 11.6 Å². The minimum Gasteiger partial charge on any atom is -0.343 e. The average molecular weight is 299 g/mol. The summed E-state index contributed by atoms with van der Waals surface area (Å²) in [5.41, 5.74) is 0.235. The molecular weight excluding hydrogens is 283 g/mol. The maximum absolute atomic E-state index is 13.8. The summed E-state index contributed by atoms with van der Waals surface area (Å²) in [6.07, 6.45) is 0.499. The Morgan fingerprint density at radius 3 is 2.70 bits per heavy atom. The van der Waals surface area contributed by atoms with E-state index in [1.54, 1.807) is 13.0 Å². The van der Waals surface area contributed by atoms with E-state index in [-0.39, 0.29) is 28.9 Å². The number of benzene rings is 1. The van der Waals surface area contributed by atoms with Crippen molar-refractivity contribution in [3.63, 3.8) is 0 Å². The maximum Gasteiger partial charge on any atom is 0.246 e. The van der Waals surface area contributed by atoms with Gasteiger partial charge in [0.1, 0.15) is 17.9 Å². The number of amides is 2. The number of nitrogens with one attached hydrogen (secondary N) is 1. The summed E-state index contributed by atoms with van der Waals surface area (Å²) < 4.78 is 13.8. The maximum atomic E-state index is 13.8. The SMILES string of the molecule is CCC1NC(=O)C(C)N(Cc2c(F)cccc2Cl)C1=O. The highest BCUT2D eigenvalue weighted by molar-refractivity contribution is 6.31. The molecule has 1 aliphatic heterocycles. The van der Waals surface area contributed by atoms with Crippen molar-refractivity contribution in [3.05, 3.63) is 34.6 Å². The monoisotopic (exact) mass is 298 g/mol. The summed E-state index contributed by atoms with van der Waals surface area (Å²) in [5, 5.41) is 2.91. The van der Waals surface area contributed by atoms with Crippen molar-refractivity contribution in [1.29, 1.82) is 0 Å². The van der Waals surface area contributed by atoms with Crippen LogP contribution in [0.3, 0.4) is 0 Å². The van der Waals surface area contributed by atoms with Gasteiger partial charge in [0.05, 0.1) is 6.54 Å². The Morgan fingerprint density at radius 1 is 1.40 bits per heavy atom. The minimum atomic E-state index is -0.638. The first-order chi connectivity index (χ1) is 9.45. The molecule has 1 N–H and O–H groups in total. The van der Waals surface area contributed by atoms with Crippen LogP contribution in [0, 0.1) is 5.82 Å². The summed E-state index contributed by atoms with van der Waals surface area (Å²) >= 11 is 5.97. The van der Waals surface area contributed by atoms with Crippen LogP contribution in [0.4, 0.5) is 4.39 Å². The third kappa shape index (κ3) is 2.63. The van der Waals surface area contributed by atoms with Crippen LogP contribution in [-0.4, -0.2) is 28.8 Å². The molecule has 2 atom stereocenters. The largest absolute Gasteiger partial charge is 0.343 e. The Balaban J connectivity index is 2.30. The summed E-state index contributed by atoms with van der Waals surface area (Å²) in [4.78, 5) is 25.5. The van der Waals surface area contributed by atoms with Crippen LogP contribution in [0.2, 0.25) is 5.02 Å². The van der Waals surface area contributed by atoms with E-state index in [1.165, 1.54) is 17.0 Å². The lowest BCUT2D eigenvalue weighted by atomic mass is 10.0.